The normalized spacial score (nSPS) is 19.7. The zero-order chi connectivity index (χ0) is 21.4. The van der Waals surface area contributed by atoms with E-state index in [-0.39, 0.29) is 17.7 Å². The van der Waals surface area contributed by atoms with E-state index in [0.717, 1.165) is 12.8 Å². The van der Waals surface area contributed by atoms with Crippen molar-refractivity contribution >= 4 is 22.9 Å². The number of aromatic nitrogens is 2. The van der Waals surface area contributed by atoms with Crippen LogP contribution in [0.4, 0.5) is 0 Å². The van der Waals surface area contributed by atoms with E-state index in [0.29, 0.717) is 73.2 Å². The summed E-state index contributed by atoms with van der Waals surface area (Å²) in [6, 6.07) is 5.27. The Hall–Kier alpha value is -3.20. The number of carbonyl (C=O) groups is 2. The minimum absolute atomic E-state index is 0.109. The maximum absolute atomic E-state index is 13.6. The highest BCUT2D eigenvalue weighted by molar-refractivity contribution is 6.07. The number of aryl methyl sites for hydroxylation is 1. The highest BCUT2D eigenvalue weighted by Crippen LogP contribution is 2.29. The average molecular weight is 424 g/mol. The lowest BCUT2D eigenvalue weighted by atomic mass is 9.95. The number of morpholine rings is 1. The molecule has 0 aromatic carbocycles. The van der Waals surface area contributed by atoms with Crippen molar-refractivity contribution in [1.82, 2.24) is 19.9 Å². The van der Waals surface area contributed by atoms with Crippen LogP contribution in [0.2, 0.25) is 0 Å². The first-order valence-corrected chi connectivity index (χ1v) is 10.6. The Kier molecular flexibility index (Phi) is 5.19. The second-order valence-electron chi connectivity index (χ2n) is 8.01. The van der Waals surface area contributed by atoms with Crippen molar-refractivity contribution in [2.24, 2.45) is 5.92 Å². The summed E-state index contributed by atoms with van der Waals surface area (Å²) in [4.78, 5) is 34.6. The van der Waals surface area contributed by atoms with Gasteiger partial charge in [0.1, 0.15) is 5.69 Å². The Labute approximate surface area is 178 Å². The van der Waals surface area contributed by atoms with Gasteiger partial charge in [-0.05, 0) is 38.0 Å². The minimum atomic E-state index is -0.193. The predicted octanol–water partition coefficient (Wildman–Crippen LogP) is 2.50. The second-order valence-corrected chi connectivity index (χ2v) is 8.01. The second kappa shape index (κ2) is 8.14. The first-order valence-electron chi connectivity index (χ1n) is 10.6. The van der Waals surface area contributed by atoms with Gasteiger partial charge in [0.05, 0.1) is 42.0 Å². The number of furan rings is 1. The standard InChI is InChI=1S/C22H24N4O5/c1-14-19-16(12-17(18-5-3-9-30-18)23-20(19)31-24-14)22(28)26-6-2-4-15(13-26)21(27)25-7-10-29-11-8-25/h3,5,9,12,15H,2,4,6-8,10-11,13H2,1H3. The van der Waals surface area contributed by atoms with Gasteiger partial charge >= 0.3 is 0 Å². The number of ether oxygens (including phenoxy) is 1. The summed E-state index contributed by atoms with van der Waals surface area (Å²) in [6.45, 7) is 5.16. The van der Waals surface area contributed by atoms with E-state index in [1.807, 2.05) is 4.90 Å². The van der Waals surface area contributed by atoms with Crippen LogP contribution in [-0.4, -0.2) is 71.1 Å². The van der Waals surface area contributed by atoms with Crippen LogP contribution in [0.3, 0.4) is 0 Å². The Bertz CT molecular complexity index is 1100. The van der Waals surface area contributed by atoms with E-state index in [1.54, 1.807) is 36.3 Å². The first-order chi connectivity index (χ1) is 15.1. The molecule has 9 nitrogen and oxygen atoms in total. The van der Waals surface area contributed by atoms with Crippen molar-refractivity contribution in [2.45, 2.75) is 19.8 Å². The van der Waals surface area contributed by atoms with Gasteiger partial charge in [-0.25, -0.2) is 4.98 Å². The summed E-state index contributed by atoms with van der Waals surface area (Å²) in [6.07, 6.45) is 3.13. The molecule has 0 bridgehead atoms. The number of rotatable bonds is 3. The average Bonchev–Trinajstić information content (AvgIpc) is 3.49. The van der Waals surface area contributed by atoms with E-state index < -0.39 is 0 Å². The van der Waals surface area contributed by atoms with Crippen LogP contribution in [0.15, 0.2) is 33.4 Å². The lowest BCUT2D eigenvalue weighted by Crippen LogP contribution is -2.49. The maximum Gasteiger partial charge on any atom is 0.259 e. The molecule has 3 aromatic heterocycles. The molecule has 3 aromatic rings. The third kappa shape index (κ3) is 3.69. The zero-order valence-electron chi connectivity index (χ0n) is 17.4. The molecule has 2 amide bonds. The van der Waals surface area contributed by atoms with Gasteiger partial charge in [-0.1, -0.05) is 5.16 Å². The summed E-state index contributed by atoms with van der Waals surface area (Å²) in [5.41, 5.74) is 1.88. The van der Waals surface area contributed by atoms with Crippen LogP contribution >= 0.6 is 0 Å². The predicted molar refractivity (Wildman–Crippen MR) is 110 cm³/mol. The van der Waals surface area contributed by atoms with Crippen molar-refractivity contribution in [1.29, 1.82) is 0 Å². The summed E-state index contributed by atoms with van der Waals surface area (Å²) in [7, 11) is 0. The van der Waals surface area contributed by atoms with E-state index in [2.05, 4.69) is 10.1 Å². The first kappa shape index (κ1) is 19.7. The Morgan fingerprint density at radius 1 is 1.16 bits per heavy atom. The third-order valence-corrected chi connectivity index (χ3v) is 6.00. The number of amides is 2. The van der Waals surface area contributed by atoms with Gasteiger partial charge in [0.25, 0.3) is 11.6 Å². The fraction of sp³-hybridized carbons (Fsp3) is 0.455. The number of likely N-dealkylation sites (tertiary alicyclic amines) is 1. The molecule has 162 valence electrons. The number of hydrogen-bond donors (Lipinski definition) is 0. The number of hydrogen-bond acceptors (Lipinski definition) is 7. The molecule has 1 unspecified atom stereocenters. The van der Waals surface area contributed by atoms with Gasteiger partial charge in [-0.3, -0.25) is 9.59 Å². The van der Waals surface area contributed by atoms with Crippen LogP contribution in [-0.2, 0) is 9.53 Å². The SMILES string of the molecule is Cc1noc2nc(-c3ccco3)cc(C(=O)N3CCCC(C(=O)N4CCOCC4)C3)c12. The number of pyridine rings is 1. The molecule has 2 aliphatic heterocycles. The molecule has 5 rings (SSSR count). The van der Waals surface area contributed by atoms with Gasteiger partial charge in [-0.2, -0.15) is 0 Å². The monoisotopic (exact) mass is 424 g/mol. The van der Waals surface area contributed by atoms with Crippen molar-refractivity contribution in [2.75, 3.05) is 39.4 Å². The minimum Gasteiger partial charge on any atom is -0.463 e. The molecule has 0 spiro atoms. The smallest absolute Gasteiger partial charge is 0.259 e. The largest absolute Gasteiger partial charge is 0.463 e. The van der Waals surface area contributed by atoms with Crippen molar-refractivity contribution in [3.05, 3.63) is 35.7 Å². The van der Waals surface area contributed by atoms with Gasteiger partial charge in [-0.15, -0.1) is 0 Å². The maximum atomic E-state index is 13.6. The number of carbonyl (C=O) groups excluding carboxylic acids is 2. The highest BCUT2D eigenvalue weighted by atomic mass is 16.5. The molecule has 2 fully saturated rings. The molecular formula is C22H24N4O5. The number of nitrogens with zero attached hydrogens (tertiary/aromatic N) is 4. The Morgan fingerprint density at radius 2 is 2.00 bits per heavy atom. The van der Waals surface area contributed by atoms with Crippen molar-refractivity contribution in [3.63, 3.8) is 0 Å². The van der Waals surface area contributed by atoms with Crippen LogP contribution in [0.1, 0.15) is 28.9 Å². The molecule has 9 heteroatoms. The fourth-order valence-electron chi connectivity index (χ4n) is 4.39. The summed E-state index contributed by atoms with van der Waals surface area (Å²) < 4.78 is 16.2. The molecule has 0 N–H and O–H groups in total. The van der Waals surface area contributed by atoms with E-state index >= 15 is 0 Å². The molecule has 5 heterocycles. The van der Waals surface area contributed by atoms with Gasteiger partial charge in [0.15, 0.2) is 5.76 Å². The molecule has 0 saturated carbocycles. The third-order valence-electron chi connectivity index (χ3n) is 6.00. The highest BCUT2D eigenvalue weighted by Gasteiger charge is 2.33. The fourth-order valence-corrected chi connectivity index (χ4v) is 4.39. The van der Waals surface area contributed by atoms with Crippen LogP contribution in [0.5, 0.6) is 0 Å². The summed E-state index contributed by atoms with van der Waals surface area (Å²) in [5.74, 6) is 0.314. The molecular weight excluding hydrogens is 400 g/mol. The van der Waals surface area contributed by atoms with Gasteiger partial charge < -0.3 is 23.5 Å². The lowest BCUT2D eigenvalue weighted by Gasteiger charge is -2.36. The van der Waals surface area contributed by atoms with Gasteiger partial charge in [0.2, 0.25) is 5.91 Å². The molecule has 0 aliphatic carbocycles. The van der Waals surface area contributed by atoms with Crippen LogP contribution < -0.4 is 0 Å². The van der Waals surface area contributed by atoms with E-state index in [1.165, 1.54) is 0 Å². The zero-order valence-corrected chi connectivity index (χ0v) is 17.4. The quantitative estimate of drug-likeness (QED) is 0.637. The number of piperidine rings is 1. The van der Waals surface area contributed by atoms with E-state index in [4.69, 9.17) is 13.7 Å². The molecule has 1 atom stereocenters. The summed E-state index contributed by atoms with van der Waals surface area (Å²) in [5, 5.41) is 4.60. The molecule has 2 saturated heterocycles. The van der Waals surface area contributed by atoms with Crippen LogP contribution in [0.25, 0.3) is 22.6 Å². The number of fused-ring (bicyclic) bond motifs is 1. The Balaban J connectivity index is 1.44. The molecule has 2 aliphatic rings. The topological polar surface area (TPSA) is 102 Å². The van der Waals surface area contributed by atoms with E-state index in [9.17, 15) is 9.59 Å². The summed E-state index contributed by atoms with van der Waals surface area (Å²) >= 11 is 0. The lowest BCUT2D eigenvalue weighted by molar-refractivity contribution is -0.141. The van der Waals surface area contributed by atoms with Gasteiger partial charge in [0, 0.05) is 26.2 Å². The van der Waals surface area contributed by atoms with Crippen molar-refractivity contribution < 1.29 is 23.3 Å². The molecule has 0 radical (unpaired) electrons. The molecule has 31 heavy (non-hydrogen) atoms. The van der Waals surface area contributed by atoms with Crippen molar-refractivity contribution in [3.8, 4) is 11.5 Å². The van der Waals surface area contributed by atoms with Crippen LogP contribution in [0, 0.1) is 12.8 Å². The Morgan fingerprint density at radius 3 is 2.77 bits per heavy atom.